The fourth-order valence-electron chi connectivity index (χ4n) is 1.64. The third kappa shape index (κ3) is 3.90. The quantitative estimate of drug-likeness (QED) is 0.619. The average molecular weight is 375 g/mol. The molecule has 1 saturated heterocycles. The number of halogens is 3. The van der Waals surface area contributed by atoms with Gasteiger partial charge in [-0.15, -0.1) is 12.4 Å². The molecule has 2 heterocycles. The molecule has 0 aromatic carbocycles. The maximum atomic E-state index is 13.3. The van der Waals surface area contributed by atoms with E-state index in [0.29, 0.717) is 23.1 Å². The molecule has 4 nitrogen and oxygen atoms in total. The second-order valence-corrected chi connectivity index (χ2v) is 4.88. The molecule has 17 heavy (non-hydrogen) atoms. The molecule has 2 atom stereocenters. The number of hydrogen-bond acceptors (Lipinski definition) is 4. The Morgan fingerprint density at radius 2 is 2.41 bits per heavy atom. The van der Waals surface area contributed by atoms with Crippen LogP contribution in [0.2, 0.25) is 0 Å². The molecule has 0 radical (unpaired) electrons. The van der Waals surface area contributed by atoms with Crippen molar-refractivity contribution in [2.24, 2.45) is 0 Å². The number of aromatic nitrogens is 1. The highest BCUT2D eigenvalue weighted by molar-refractivity contribution is 14.1. The number of nitrogens with zero attached hydrogens (tertiary/aromatic N) is 1. The van der Waals surface area contributed by atoms with Gasteiger partial charge in [-0.25, -0.2) is 4.98 Å². The number of aliphatic hydroxyl groups is 1. The van der Waals surface area contributed by atoms with E-state index in [1.807, 2.05) is 22.6 Å². The van der Waals surface area contributed by atoms with Gasteiger partial charge in [0.25, 0.3) is 5.95 Å². The second kappa shape index (κ2) is 6.67. The van der Waals surface area contributed by atoms with Crippen molar-refractivity contribution in [2.75, 3.05) is 13.2 Å². The first-order valence-electron chi connectivity index (χ1n) is 5.01. The minimum Gasteiger partial charge on any atom is -0.486 e. The van der Waals surface area contributed by atoms with Crippen LogP contribution in [0.15, 0.2) is 12.3 Å². The Kier molecular flexibility index (Phi) is 5.84. The third-order valence-electron chi connectivity index (χ3n) is 2.44. The highest BCUT2D eigenvalue weighted by Gasteiger charge is 2.23. The lowest BCUT2D eigenvalue weighted by Gasteiger charge is -2.13. The van der Waals surface area contributed by atoms with Gasteiger partial charge in [0.05, 0.1) is 9.67 Å². The van der Waals surface area contributed by atoms with Gasteiger partial charge in [0.15, 0.2) is 5.75 Å². The number of aliphatic hydroxyl groups excluding tert-OH is 1. The van der Waals surface area contributed by atoms with Gasteiger partial charge in [-0.1, -0.05) is 0 Å². The summed E-state index contributed by atoms with van der Waals surface area (Å²) in [5.74, 6) is -0.406. The second-order valence-electron chi connectivity index (χ2n) is 3.72. The zero-order valence-corrected chi connectivity index (χ0v) is 11.9. The first-order valence-corrected chi connectivity index (χ1v) is 6.09. The van der Waals surface area contributed by atoms with Gasteiger partial charge in [0.2, 0.25) is 0 Å². The number of β-amino-alcohol motifs (C(OH)–C–C–N with tert-alkyl or cyclic N) is 1. The zero-order valence-electron chi connectivity index (χ0n) is 8.90. The van der Waals surface area contributed by atoms with Gasteiger partial charge < -0.3 is 15.2 Å². The number of rotatable bonds is 3. The van der Waals surface area contributed by atoms with E-state index in [1.54, 1.807) is 6.07 Å². The molecule has 96 valence electrons. The van der Waals surface area contributed by atoms with Crippen LogP contribution in [0.1, 0.15) is 6.42 Å². The number of ether oxygens (including phenoxy) is 1. The van der Waals surface area contributed by atoms with Crippen molar-refractivity contribution in [1.29, 1.82) is 0 Å². The number of nitrogens with one attached hydrogen (secondary N) is 1. The van der Waals surface area contributed by atoms with Crippen molar-refractivity contribution < 1.29 is 14.2 Å². The molecule has 0 amide bonds. The van der Waals surface area contributed by atoms with Crippen LogP contribution in [0.25, 0.3) is 0 Å². The molecule has 1 aliphatic rings. The predicted octanol–water partition coefficient (Wildman–Crippen LogP) is 1.35. The molecule has 2 rings (SSSR count). The minimum absolute atomic E-state index is 0. The van der Waals surface area contributed by atoms with Crippen molar-refractivity contribution in [3.05, 3.63) is 21.8 Å². The first kappa shape index (κ1) is 14.9. The molecule has 1 aromatic rings. The Balaban J connectivity index is 0.00000144. The van der Waals surface area contributed by atoms with E-state index in [0.717, 1.165) is 0 Å². The molecule has 1 aromatic heterocycles. The van der Waals surface area contributed by atoms with Crippen molar-refractivity contribution in [3.63, 3.8) is 0 Å². The normalized spacial score (nSPS) is 23.2. The molecule has 0 aliphatic carbocycles. The van der Waals surface area contributed by atoms with Crippen LogP contribution in [0, 0.1) is 9.52 Å². The van der Waals surface area contributed by atoms with Crippen LogP contribution in [-0.2, 0) is 0 Å². The zero-order chi connectivity index (χ0) is 11.5. The fourth-order valence-corrected chi connectivity index (χ4v) is 2.18. The first-order chi connectivity index (χ1) is 7.66. The Hall–Kier alpha value is -0.180. The van der Waals surface area contributed by atoms with Crippen LogP contribution >= 0.6 is 35.0 Å². The van der Waals surface area contributed by atoms with Crippen molar-refractivity contribution in [3.8, 4) is 5.75 Å². The third-order valence-corrected chi connectivity index (χ3v) is 3.29. The van der Waals surface area contributed by atoms with E-state index in [4.69, 9.17) is 4.74 Å². The maximum Gasteiger partial charge on any atom is 0.256 e. The van der Waals surface area contributed by atoms with Crippen molar-refractivity contribution in [2.45, 2.75) is 18.6 Å². The van der Waals surface area contributed by atoms with Crippen molar-refractivity contribution in [1.82, 2.24) is 10.3 Å². The van der Waals surface area contributed by atoms with E-state index in [9.17, 15) is 9.50 Å². The van der Waals surface area contributed by atoms with E-state index in [2.05, 4.69) is 10.3 Å². The largest absolute Gasteiger partial charge is 0.486 e. The van der Waals surface area contributed by atoms with Gasteiger partial charge in [-0.3, -0.25) is 0 Å². The Morgan fingerprint density at radius 1 is 1.65 bits per heavy atom. The summed E-state index contributed by atoms with van der Waals surface area (Å²) in [5.41, 5.74) is 0. The smallest absolute Gasteiger partial charge is 0.256 e. The van der Waals surface area contributed by atoms with E-state index < -0.39 is 5.95 Å². The Labute approximate surface area is 119 Å². The lowest BCUT2D eigenvalue weighted by atomic mass is 10.2. The SMILES string of the molecule is Cl.O[C@@H]1CN[C@H](COc2c(I)ccnc2F)C1. The van der Waals surface area contributed by atoms with Crippen LogP contribution in [0.5, 0.6) is 5.75 Å². The van der Waals surface area contributed by atoms with Crippen LogP contribution in [0.3, 0.4) is 0 Å². The fraction of sp³-hybridized carbons (Fsp3) is 0.500. The lowest BCUT2D eigenvalue weighted by molar-refractivity contribution is 0.186. The predicted molar refractivity (Wildman–Crippen MR) is 72.1 cm³/mol. The summed E-state index contributed by atoms with van der Waals surface area (Å²) in [6.45, 7) is 0.913. The summed E-state index contributed by atoms with van der Waals surface area (Å²) < 4.78 is 19.4. The maximum absolute atomic E-state index is 13.3. The van der Waals surface area contributed by atoms with Crippen molar-refractivity contribution >= 4 is 35.0 Å². The van der Waals surface area contributed by atoms with Gasteiger partial charge >= 0.3 is 0 Å². The summed E-state index contributed by atoms with van der Waals surface area (Å²) in [5, 5.41) is 12.4. The summed E-state index contributed by atoms with van der Waals surface area (Å²) >= 11 is 2.00. The van der Waals surface area contributed by atoms with Crippen LogP contribution < -0.4 is 10.1 Å². The summed E-state index contributed by atoms with van der Waals surface area (Å²) in [7, 11) is 0. The number of hydrogen-bond donors (Lipinski definition) is 2. The molecule has 0 saturated carbocycles. The lowest BCUT2D eigenvalue weighted by Crippen LogP contribution is -2.28. The highest BCUT2D eigenvalue weighted by atomic mass is 127. The molecular weight excluding hydrogens is 361 g/mol. The van der Waals surface area contributed by atoms with E-state index in [1.165, 1.54) is 6.20 Å². The summed E-state index contributed by atoms with van der Waals surface area (Å²) in [6, 6.07) is 1.76. The number of pyridine rings is 1. The van der Waals surface area contributed by atoms with E-state index in [-0.39, 0.29) is 30.3 Å². The molecule has 1 fully saturated rings. The Bertz CT molecular complexity index is 363. The van der Waals surface area contributed by atoms with Gasteiger partial charge in [0.1, 0.15) is 6.61 Å². The molecule has 0 bridgehead atoms. The molecule has 0 spiro atoms. The molecular formula is C10H13ClFIN2O2. The summed E-state index contributed by atoms with van der Waals surface area (Å²) in [4.78, 5) is 3.53. The highest BCUT2D eigenvalue weighted by Crippen LogP contribution is 2.23. The van der Waals surface area contributed by atoms with Gasteiger partial charge in [-0.2, -0.15) is 4.39 Å². The van der Waals surface area contributed by atoms with Crippen LogP contribution in [-0.4, -0.2) is 35.4 Å². The monoisotopic (exact) mass is 374 g/mol. The molecule has 1 aliphatic heterocycles. The average Bonchev–Trinajstić information content (AvgIpc) is 2.63. The van der Waals surface area contributed by atoms with E-state index >= 15 is 0 Å². The molecule has 0 unspecified atom stereocenters. The molecule has 7 heteroatoms. The summed E-state index contributed by atoms with van der Waals surface area (Å²) in [6.07, 6.45) is 1.71. The van der Waals surface area contributed by atoms with Gasteiger partial charge in [-0.05, 0) is 35.1 Å². The van der Waals surface area contributed by atoms with Gasteiger partial charge in [0, 0.05) is 18.8 Å². The van der Waals surface area contributed by atoms with Crippen LogP contribution in [0.4, 0.5) is 4.39 Å². The standard InChI is InChI=1S/C10H12FIN2O2.ClH/c11-10-9(8(12)1-2-13-10)16-5-6-3-7(15)4-14-6;/h1-2,6-7,14-15H,3-5H2;1H/t6-,7-;/m0./s1. The Morgan fingerprint density at radius 3 is 3.00 bits per heavy atom. The molecule has 2 N–H and O–H groups in total. The minimum atomic E-state index is -0.592. The topological polar surface area (TPSA) is 54.4 Å².